The second-order valence-electron chi connectivity index (χ2n) is 2.71. The lowest BCUT2D eigenvalue weighted by molar-refractivity contribution is 0.203. The lowest BCUT2D eigenvalue weighted by Gasteiger charge is -2.13. The predicted octanol–water partition coefficient (Wildman–Crippen LogP) is 0.805. The zero-order valence-electron chi connectivity index (χ0n) is 7.10. The van der Waals surface area contributed by atoms with E-state index in [4.69, 9.17) is 4.74 Å². The van der Waals surface area contributed by atoms with Crippen molar-refractivity contribution in [3.8, 4) is 0 Å². The topological polar surface area (TPSA) is 33.6 Å². The van der Waals surface area contributed by atoms with Crippen LogP contribution in [0, 0.1) is 0 Å². The van der Waals surface area contributed by atoms with Crippen LogP contribution in [0.1, 0.15) is 19.3 Å². The summed E-state index contributed by atoms with van der Waals surface area (Å²) in [5.74, 6) is 1.16. The Morgan fingerprint density at radius 3 is 3.09 bits per heavy atom. The third kappa shape index (κ3) is 3.37. The maximum Gasteiger partial charge on any atom is 0.0963 e. The van der Waals surface area contributed by atoms with E-state index in [0.717, 1.165) is 32.0 Å². The summed E-state index contributed by atoms with van der Waals surface area (Å²) in [7, 11) is 1.71. The average molecular weight is 156 g/mol. The van der Waals surface area contributed by atoms with Crippen LogP contribution < -0.4 is 5.32 Å². The van der Waals surface area contributed by atoms with E-state index in [9.17, 15) is 0 Å². The molecule has 0 atom stereocenters. The summed E-state index contributed by atoms with van der Waals surface area (Å²) in [6.07, 6.45) is 3.64. The summed E-state index contributed by atoms with van der Waals surface area (Å²) in [6.45, 7) is 2.64. The first kappa shape index (κ1) is 8.53. The van der Waals surface area contributed by atoms with Gasteiger partial charge in [-0.15, -0.1) is 0 Å². The van der Waals surface area contributed by atoms with Crippen molar-refractivity contribution in [2.75, 3.05) is 26.8 Å². The number of nitrogens with zero attached hydrogens (tertiary/aromatic N) is 1. The molecule has 1 N–H and O–H groups in total. The van der Waals surface area contributed by atoms with Crippen molar-refractivity contribution in [1.82, 2.24) is 5.32 Å². The molecule has 0 unspecified atom stereocenters. The van der Waals surface area contributed by atoms with Gasteiger partial charge in [-0.2, -0.15) is 0 Å². The van der Waals surface area contributed by atoms with E-state index in [0.29, 0.717) is 0 Å². The van der Waals surface area contributed by atoms with Gasteiger partial charge in [0.1, 0.15) is 0 Å². The number of aliphatic imine (C=N–C) groups is 1. The van der Waals surface area contributed by atoms with Gasteiger partial charge in [-0.05, 0) is 12.8 Å². The summed E-state index contributed by atoms with van der Waals surface area (Å²) in [5, 5.41) is 3.25. The van der Waals surface area contributed by atoms with Crippen LogP contribution in [0.2, 0.25) is 0 Å². The van der Waals surface area contributed by atoms with E-state index in [1.54, 1.807) is 7.11 Å². The third-order valence-corrected chi connectivity index (χ3v) is 1.76. The lowest BCUT2D eigenvalue weighted by atomic mass is 10.2. The Morgan fingerprint density at radius 1 is 1.55 bits per heavy atom. The van der Waals surface area contributed by atoms with Crippen LogP contribution in [0.5, 0.6) is 0 Å². The lowest BCUT2D eigenvalue weighted by Crippen LogP contribution is -2.28. The average Bonchev–Trinajstić information content (AvgIpc) is 2.07. The van der Waals surface area contributed by atoms with Crippen molar-refractivity contribution < 1.29 is 4.74 Å². The number of methoxy groups -OCH3 is 1. The number of nitrogens with one attached hydrogen (secondary N) is 1. The molecule has 1 aliphatic rings. The van der Waals surface area contributed by atoms with Gasteiger partial charge in [0.2, 0.25) is 0 Å². The number of hydrogen-bond acceptors (Lipinski definition) is 3. The number of rotatable bonds is 3. The van der Waals surface area contributed by atoms with E-state index in [1.165, 1.54) is 12.8 Å². The van der Waals surface area contributed by atoms with Crippen molar-refractivity contribution in [1.29, 1.82) is 0 Å². The van der Waals surface area contributed by atoms with Crippen LogP contribution in [-0.2, 0) is 4.74 Å². The highest BCUT2D eigenvalue weighted by Gasteiger charge is 2.02. The van der Waals surface area contributed by atoms with Gasteiger partial charge in [0.25, 0.3) is 0 Å². The van der Waals surface area contributed by atoms with Gasteiger partial charge in [-0.3, -0.25) is 4.99 Å². The normalized spacial score (nSPS) is 17.7. The minimum Gasteiger partial charge on any atom is -0.383 e. The molecule has 0 radical (unpaired) electrons. The van der Waals surface area contributed by atoms with Crippen LogP contribution in [0.25, 0.3) is 0 Å². The third-order valence-electron chi connectivity index (χ3n) is 1.76. The maximum atomic E-state index is 4.92. The van der Waals surface area contributed by atoms with Crippen molar-refractivity contribution in [2.45, 2.75) is 19.3 Å². The molecule has 0 bridgehead atoms. The van der Waals surface area contributed by atoms with Crippen LogP contribution in [0.15, 0.2) is 4.99 Å². The molecular weight excluding hydrogens is 140 g/mol. The highest BCUT2D eigenvalue weighted by molar-refractivity contribution is 5.82. The van der Waals surface area contributed by atoms with Crippen molar-refractivity contribution in [2.24, 2.45) is 4.99 Å². The molecule has 0 aromatic rings. The summed E-state index contributed by atoms with van der Waals surface area (Å²) in [5.41, 5.74) is 0. The molecule has 3 heteroatoms. The first-order chi connectivity index (χ1) is 5.43. The molecule has 0 aromatic heterocycles. The minimum absolute atomic E-state index is 0.763. The Balaban J connectivity index is 2.09. The van der Waals surface area contributed by atoms with E-state index in [-0.39, 0.29) is 0 Å². The molecule has 0 spiro atoms. The van der Waals surface area contributed by atoms with Gasteiger partial charge in [0.15, 0.2) is 0 Å². The van der Waals surface area contributed by atoms with Gasteiger partial charge in [0, 0.05) is 26.6 Å². The smallest absolute Gasteiger partial charge is 0.0963 e. The van der Waals surface area contributed by atoms with Gasteiger partial charge < -0.3 is 10.1 Å². The van der Waals surface area contributed by atoms with E-state index in [1.807, 2.05) is 0 Å². The Hall–Kier alpha value is -0.570. The molecule has 0 aromatic carbocycles. The summed E-state index contributed by atoms with van der Waals surface area (Å²) >= 11 is 0. The van der Waals surface area contributed by atoms with E-state index >= 15 is 0 Å². The van der Waals surface area contributed by atoms with Gasteiger partial charge in [0.05, 0.1) is 12.4 Å². The molecule has 0 amide bonds. The molecule has 0 aliphatic carbocycles. The van der Waals surface area contributed by atoms with Crippen molar-refractivity contribution in [3.05, 3.63) is 0 Å². The molecule has 1 heterocycles. The van der Waals surface area contributed by atoms with Crippen molar-refractivity contribution >= 4 is 5.84 Å². The van der Waals surface area contributed by atoms with Gasteiger partial charge in [-0.25, -0.2) is 0 Å². The maximum absolute atomic E-state index is 4.92. The summed E-state index contributed by atoms with van der Waals surface area (Å²) in [6, 6.07) is 0. The van der Waals surface area contributed by atoms with Crippen LogP contribution in [-0.4, -0.2) is 32.6 Å². The number of amidine groups is 1. The molecule has 1 aliphatic heterocycles. The standard InChI is InChI=1S/C8H16N2O/c1-11-7-6-10-8-4-2-3-5-9-8/h2-7H2,1H3,(H,9,10). The molecule has 3 nitrogen and oxygen atoms in total. The molecule has 0 fully saturated rings. The largest absolute Gasteiger partial charge is 0.383 e. The second kappa shape index (κ2) is 5.13. The first-order valence-corrected chi connectivity index (χ1v) is 4.19. The highest BCUT2D eigenvalue weighted by atomic mass is 16.5. The number of ether oxygens (including phenoxy) is 1. The minimum atomic E-state index is 0.763. The Morgan fingerprint density at radius 2 is 2.45 bits per heavy atom. The summed E-state index contributed by atoms with van der Waals surface area (Å²) in [4.78, 5) is 4.35. The van der Waals surface area contributed by atoms with Crippen molar-refractivity contribution in [3.63, 3.8) is 0 Å². The fourth-order valence-corrected chi connectivity index (χ4v) is 1.14. The Kier molecular flexibility index (Phi) is 3.98. The summed E-state index contributed by atoms with van der Waals surface area (Å²) < 4.78 is 4.92. The van der Waals surface area contributed by atoms with Gasteiger partial charge >= 0.3 is 0 Å². The zero-order chi connectivity index (χ0) is 7.94. The quantitative estimate of drug-likeness (QED) is 0.613. The van der Waals surface area contributed by atoms with E-state index < -0.39 is 0 Å². The van der Waals surface area contributed by atoms with E-state index in [2.05, 4.69) is 10.3 Å². The Bertz CT molecular complexity index is 134. The fourth-order valence-electron chi connectivity index (χ4n) is 1.14. The fraction of sp³-hybridized carbons (Fsp3) is 0.875. The monoisotopic (exact) mass is 156 g/mol. The van der Waals surface area contributed by atoms with Crippen LogP contribution in [0.3, 0.4) is 0 Å². The molecule has 0 saturated carbocycles. The Labute approximate surface area is 67.8 Å². The SMILES string of the molecule is COCCNC1=NCCCC1. The molecule has 1 rings (SSSR count). The number of hydrogen-bond donors (Lipinski definition) is 1. The highest BCUT2D eigenvalue weighted by Crippen LogP contribution is 2.03. The van der Waals surface area contributed by atoms with Crippen LogP contribution >= 0.6 is 0 Å². The zero-order valence-corrected chi connectivity index (χ0v) is 7.10. The van der Waals surface area contributed by atoms with Crippen LogP contribution in [0.4, 0.5) is 0 Å². The molecule has 0 saturated heterocycles. The second-order valence-corrected chi connectivity index (χ2v) is 2.71. The first-order valence-electron chi connectivity index (χ1n) is 4.19. The molecule has 64 valence electrons. The van der Waals surface area contributed by atoms with Gasteiger partial charge in [-0.1, -0.05) is 0 Å². The molecular formula is C8H16N2O. The molecule has 11 heavy (non-hydrogen) atoms. The predicted molar refractivity (Wildman–Crippen MR) is 46.0 cm³/mol.